The van der Waals surface area contributed by atoms with Crippen LogP contribution in [0.1, 0.15) is 37.6 Å². The molecule has 0 aliphatic carbocycles. The molecule has 0 unspecified atom stereocenters. The number of hydrogen-bond acceptors (Lipinski definition) is 3. The highest BCUT2D eigenvalue weighted by atomic mass is 79.9. The summed E-state index contributed by atoms with van der Waals surface area (Å²) in [6, 6.07) is 4.28. The molecule has 0 saturated heterocycles. The van der Waals surface area contributed by atoms with Crippen LogP contribution < -0.4 is 0 Å². The minimum absolute atomic E-state index is 0.0543. The van der Waals surface area contributed by atoms with Crippen molar-refractivity contribution in [1.82, 2.24) is 4.90 Å². The van der Waals surface area contributed by atoms with Gasteiger partial charge in [-0.3, -0.25) is 14.9 Å². The fourth-order valence-electron chi connectivity index (χ4n) is 1.78. The zero-order valence-corrected chi connectivity index (χ0v) is 12.8. The summed E-state index contributed by atoms with van der Waals surface area (Å²) in [5.74, 6) is -0.188. The number of benzene rings is 1. The maximum Gasteiger partial charge on any atom is 0.270 e. The lowest BCUT2D eigenvalue weighted by atomic mass is 10.1. The molecule has 6 heteroatoms. The summed E-state index contributed by atoms with van der Waals surface area (Å²) < 4.78 is 0.574. The zero-order chi connectivity index (χ0) is 14.6. The molecule has 0 aliphatic heterocycles. The monoisotopic (exact) mass is 328 g/mol. The van der Waals surface area contributed by atoms with Crippen molar-refractivity contribution in [3.63, 3.8) is 0 Å². The first kappa shape index (κ1) is 15.6. The van der Waals surface area contributed by atoms with Crippen LogP contribution in [-0.2, 0) is 0 Å². The second kappa shape index (κ2) is 6.65. The molecular formula is C13H17BrN2O3. The summed E-state index contributed by atoms with van der Waals surface area (Å²) in [4.78, 5) is 24.4. The van der Waals surface area contributed by atoms with Crippen molar-refractivity contribution in [2.24, 2.45) is 0 Å². The van der Waals surface area contributed by atoms with E-state index in [9.17, 15) is 14.9 Å². The number of hydrogen-bond donors (Lipinski definition) is 0. The average Bonchev–Trinajstić information content (AvgIpc) is 2.35. The normalized spacial score (nSPS) is 10.6. The average molecular weight is 329 g/mol. The standard InChI is InChI=1S/C13H17BrN2O3/c1-4-7-15(9(2)3)13(17)11-8-10(16(18)19)5-6-12(11)14/h5-6,8-9H,4,7H2,1-3H3. The van der Waals surface area contributed by atoms with E-state index in [1.807, 2.05) is 20.8 Å². The van der Waals surface area contributed by atoms with Gasteiger partial charge in [0.15, 0.2) is 0 Å². The number of non-ortho nitro benzene ring substituents is 1. The molecule has 1 amide bonds. The van der Waals surface area contributed by atoms with Gasteiger partial charge < -0.3 is 4.90 Å². The number of rotatable bonds is 5. The Balaban J connectivity index is 3.16. The summed E-state index contributed by atoms with van der Waals surface area (Å²) in [6.07, 6.45) is 0.844. The molecule has 0 N–H and O–H groups in total. The van der Waals surface area contributed by atoms with E-state index in [0.29, 0.717) is 16.6 Å². The van der Waals surface area contributed by atoms with Crippen molar-refractivity contribution in [2.45, 2.75) is 33.2 Å². The second-order valence-corrected chi connectivity index (χ2v) is 5.37. The Morgan fingerprint density at radius 3 is 2.58 bits per heavy atom. The third-order valence-electron chi connectivity index (χ3n) is 2.74. The highest BCUT2D eigenvalue weighted by Crippen LogP contribution is 2.24. The Morgan fingerprint density at radius 1 is 1.47 bits per heavy atom. The number of carbonyl (C=O) groups is 1. The quantitative estimate of drug-likeness (QED) is 0.612. The van der Waals surface area contributed by atoms with Crippen molar-refractivity contribution in [3.05, 3.63) is 38.3 Å². The van der Waals surface area contributed by atoms with Crippen molar-refractivity contribution in [3.8, 4) is 0 Å². The van der Waals surface area contributed by atoms with Gasteiger partial charge in [-0.25, -0.2) is 0 Å². The third-order valence-corrected chi connectivity index (χ3v) is 3.43. The molecule has 19 heavy (non-hydrogen) atoms. The van der Waals surface area contributed by atoms with Crippen molar-refractivity contribution < 1.29 is 9.72 Å². The molecule has 0 bridgehead atoms. The molecule has 0 atom stereocenters. The lowest BCUT2D eigenvalue weighted by Crippen LogP contribution is -2.37. The Hall–Kier alpha value is -1.43. The van der Waals surface area contributed by atoms with Gasteiger partial charge in [-0.1, -0.05) is 6.92 Å². The molecule has 0 spiro atoms. The fourth-order valence-corrected chi connectivity index (χ4v) is 2.20. The largest absolute Gasteiger partial charge is 0.336 e. The van der Waals surface area contributed by atoms with Crippen LogP contribution in [0.2, 0.25) is 0 Å². The Kier molecular flexibility index (Phi) is 5.47. The van der Waals surface area contributed by atoms with E-state index in [1.54, 1.807) is 4.90 Å². The van der Waals surface area contributed by atoms with Crippen LogP contribution in [-0.4, -0.2) is 28.3 Å². The van der Waals surface area contributed by atoms with Gasteiger partial charge in [0.1, 0.15) is 0 Å². The van der Waals surface area contributed by atoms with Crippen molar-refractivity contribution in [2.75, 3.05) is 6.54 Å². The van der Waals surface area contributed by atoms with E-state index in [0.717, 1.165) is 6.42 Å². The van der Waals surface area contributed by atoms with E-state index in [2.05, 4.69) is 15.9 Å². The summed E-state index contributed by atoms with van der Waals surface area (Å²) in [5, 5.41) is 10.8. The summed E-state index contributed by atoms with van der Waals surface area (Å²) in [6.45, 7) is 6.48. The first-order valence-corrected chi connectivity index (χ1v) is 6.92. The van der Waals surface area contributed by atoms with Crippen LogP contribution in [0.3, 0.4) is 0 Å². The molecule has 0 saturated carbocycles. The lowest BCUT2D eigenvalue weighted by Gasteiger charge is -2.26. The fraction of sp³-hybridized carbons (Fsp3) is 0.462. The molecule has 104 valence electrons. The molecule has 0 heterocycles. The molecule has 0 aliphatic rings. The predicted molar refractivity (Wildman–Crippen MR) is 77.3 cm³/mol. The van der Waals surface area contributed by atoms with Crippen LogP contribution in [0, 0.1) is 10.1 Å². The van der Waals surface area contributed by atoms with Crippen LogP contribution in [0.25, 0.3) is 0 Å². The predicted octanol–water partition coefficient (Wildman–Crippen LogP) is 3.62. The van der Waals surface area contributed by atoms with E-state index < -0.39 is 4.92 Å². The lowest BCUT2D eigenvalue weighted by molar-refractivity contribution is -0.384. The number of amides is 1. The number of nitro groups is 1. The number of nitro benzene ring substituents is 1. The molecule has 1 aromatic rings. The van der Waals surface area contributed by atoms with E-state index >= 15 is 0 Å². The summed E-state index contributed by atoms with van der Waals surface area (Å²) >= 11 is 3.28. The van der Waals surface area contributed by atoms with E-state index in [4.69, 9.17) is 0 Å². The Bertz CT molecular complexity index is 489. The Morgan fingerprint density at radius 2 is 2.11 bits per heavy atom. The smallest absolute Gasteiger partial charge is 0.270 e. The van der Waals surface area contributed by atoms with Crippen molar-refractivity contribution >= 4 is 27.5 Å². The number of halogens is 1. The molecule has 1 rings (SSSR count). The SMILES string of the molecule is CCCN(C(=O)c1cc([N+](=O)[O-])ccc1Br)C(C)C. The van der Waals surface area contributed by atoms with Gasteiger partial charge in [0.2, 0.25) is 0 Å². The van der Waals surface area contributed by atoms with Gasteiger partial charge in [0, 0.05) is 29.2 Å². The minimum Gasteiger partial charge on any atom is -0.336 e. The van der Waals surface area contributed by atoms with Gasteiger partial charge in [-0.2, -0.15) is 0 Å². The summed E-state index contributed by atoms with van der Waals surface area (Å²) in [7, 11) is 0. The highest BCUT2D eigenvalue weighted by Gasteiger charge is 2.22. The minimum atomic E-state index is -0.497. The Labute approximate surface area is 120 Å². The number of carbonyl (C=O) groups excluding carboxylic acids is 1. The highest BCUT2D eigenvalue weighted by molar-refractivity contribution is 9.10. The van der Waals surface area contributed by atoms with Gasteiger partial charge >= 0.3 is 0 Å². The maximum atomic E-state index is 12.4. The topological polar surface area (TPSA) is 63.5 Å². The molecule has 0 fully saturated rings. The van der Waals surface area contributed by atoms with Crippen LogP contribution in [0.5, 0.6) is 0 Å². The first-order chi connectivity index (χ1) is 8.88. The van der Waals surface area contributed by atoms with Crippen LogP contribution >= 0.6 is 15.9 Å². The van der Waals surface area contributed by atoms with Crippen LogP contribution in [0.15, 0.2) is 22.7 Å². The molecule has 0 radical (unpaired) electrons. The third kappa shape index (κ3) is 3.76. The van der Waals surface area contributed by atoms with Gasteiger partial charge in [-0.15, -0.1) is 0 Å². The molecule has 1 aromatic carbocycles. The van der Waals surface area contributed by atoms with Gasteiger partial charge in [-0.05, 0) is 42.3 Å². The molecule has 0 aromatic heterocycles. The van der Waals surface area contributed by atoms with Gasteiger partial charge in [0.05, 0.1) is 10.5 Å². The van der Waals surface area contributed by atoms with Gasteiger partial charge in [0.25, 0.3) is 11.6 Å². The maximum absolute atomic E-state index is 12.4. The molecule has 5 nitrogen and oxygen atoms in total. The van der Waals surface area contributed by atoms with E-state index in [1.165, 1.54) is 18.2 Å². The number of nitrogens with zero attached hydrogens (tertiary/aromatic N) is 2. The molecular weight excluding hydrogens is 312 g/mol. The van der Waals surface area contributed by atoms with E-state index in [-0.39, 0.29) is 17.6 Å². The second-order valence-electron chi connectivity index (χ2n) is 4.51. The first-order valence-electron chi connectivity index (χ1n) is 6.13. The van der Waals surface area contributed by atoms with Crippen molar-refractivity contribution in [1.29, 1.82) is 0 Å². The summed E-state index contributed by atoms with van der Waals surface area (Å²) in [5.41, 5.74) is 0.253. The zero-order valence-electron chi connectivity index (χ0n) is 11.2. The van der Waals surface area contributed by atoms with Crippen LogP contribution in [0.4, 0.5) is 5.69 Å².